The maximum Gasteiger partial charge on any atom is 0.243 e. The van der Waals surface area contributed by atoms with E-state index in [1.54, 1.807) is 31.3 Å². The summed E-state index contributed by atoms with van der Waals surface area (Å²) >= 11 is 0. The van der Waals surface area contributed by atoms with Crippen molar-refractivity contribution in [3.05, 3.63) is 24.3 Å². The van der Waals surface area contributed by atoms with Gasteiger partial charge in [0, 0.05) is 24.7 Å². The molecule has 0 heterocycles. The highest BCUT2D eigenvalue weighted by Gasteiger charge is 2.32. The number of rotatable bonds is 6. The number of carbonyl (C=O) groups is 1. The highest BCUT2D eigenvalue weighted by molar-refractivity contribution is 7.89. The number of amides is 1. The highest BCUT2D eigenvalue weighted by Crippen LogP contribution is 2.32. The largest absolute Gasteiger partial charge is 0.330 e. The first-order valence-electron chi connectivity index (χ1n) is 10.0. The Morgan fingerprint density at radius 1 is 1.15 bits per heavy atom. The van der Waals surface area contributed by atoms with Crippen molar-refractivity contribution in [1.82, 2.24) is 4.31 Å². The molecule has 0 radical (unpaired) electrons. The van der Waals surface area contributed by atoms with Gasteiger partial charge in [0.15, 0.2) is 0 Å². The quantitative estimate of drug-likeness (QED) is 0.777. The smallest absolute Gasteiger partial charge is 0.243 e. The van der Waals surface area contributed by atoms with E-state index < -0.39 is 10.0 Å². The van der Waals surface area contributed by atoms with Crippen molar-refractivity contribution >= 4 is 21.6 Å². The van der Waals surface area contributed by atoms with E-state index in [1.807, 2.05) is 0 Å². The van der Waals surface area contributed by atoms with Crippen LogP contribution in [-0.2, 0) is 14.8 Å². The number of anilines is 1. The van der Waals surface area contributed by atoms with E-state index in [-0.39, 0.29) is 28.7 Å². The zero-order chi connectivity index (χ0) is 19.4. The zero-order valence-electron chi connectivity index (χ0n) is 16.1. The van der Waals surface area contributed by atoms with Crippen LogP contribution in [-0.4, -0.2) is 38.3 Å². The van der Waals surface area contributed by atoms with Gasteiger partial charge in [0.1, 0.15) is 0 Å². The van der Waals surface area contributed by atoms with E-state index in [9.17, 15) is 13.2 Å². The van der Waals surface area contributed by atoms with E-state index in [4.69, 9.17) is 5.73 Å². The molecule has 2 aliphatic rings. The Morgan fingerprint density at radius 2 is 1.89 bits per heavy atom. The van der Waals surface area contributed by atoms with Crippen molar-refractivity contribution in [2.75, 3.05) is 18.9 Å². The van der Waals surface area contributed by atoms with Crippen LogP contribution in [0.1, 0.15) is 51.4 Å². The molecule has 0 spiro atoms. The number of sulfonamides is 1. The highest BCUT2D eigenvalue weighted by atomic mass is 32.2. The summed E-state index contributed by atoms with van der Waals surface area (Å²) in [5.41, 5.74) is 6.30. The Kier molecular flexibility index (Phi) is 6.55. The molecule has 0 bridgehead atoms. The second kappa shape index (κ2) is 8.71. The number of nitrogens with two attached hydrogens (primary N) is 1. The predicted molar refractivity (Wildman–Crippen MR) is 107 cm³/mol. The summed E-state index contributed by atoms with van der Waals surface area (Å²) in [5, 5.41) is 2.90. The first-order valence-corrected chi connectivity index (χ1v) is 11.5. The number of nitrogens with one attached hydrogen (secondary N) is 1. The first-order chi connectivity index (χ1) is 12.9. The molecule has 3 N–H and O–H groups in total. The van der Waals surface area contributed by atoms with Crippen LogP contribution in [0.5, 0.6) is 0 Å². The molecule has 2 aliphatic carbocycles. The Hall–Kier alpha value is -1.44. The van der Waals surface area contributed by atoms with Crippen molar-refractivity contribution in [1.29, 1.82) is 0 Å². The summed E-state index contributed by atoms with van der Waals surface area (Å²) in [7, 11) is -1.90. The van der Waals surface area contributed by atoms with E-state index >= 15 is 0 Å². The fourth-order valence-electron chi connectivity index (χ4n) is 4.44. The maximum atomic E-state index is 13.0. The molecule has 0 aromatic heterocycles. The molecule has 2 saturated carbocycles. The van der Waals surface area contributed by atoms with Crippen molar-refractivity contribution < 1.29 is 13.2 Å². The zero-order valence-corrected chi connectivity index (χ0v) is 16.9. The van der Waals surface area contributed by atoms with Gasteiger partial charge in [0.25, 0.3) is 0 Å². The number of carbonyl (C=O) groups excluding carboxylic acids is 1. The molecule has 0 saturated heterocycles. The molecule has 1 aromatic carbocycles. The van der Waals surface area contributed by atoms with Gasteiger partial charge in [0.2, 0.25) is 15.9 Å². The molecule has 1 amide bonds. The van der Waals surface area contributed by atoms with Crippen molar-refractivity contribution in [3.63, 3.8) is 0 Å². The molecule has 0 unspecified atom stereocenters. The number of hydrogen-bond donors (Lipinski definition) is 2. The summed E-state index contributed by atoms with van der Waals surface area (Å²) < 4.78 is 27.5. The van der Waals surface area contributed by atoms with E-state index in [1.165, 1.54) is 10.7 Å². The number of nitrogens with zero attached hydrogens (tertiary/aromatic N) is 1. The second-order valence-corrected chi connectivity index (χ2v) is 9.86. The first kappa shape index (κ1) is 20.3. The molecule has 3 rings (SSSR count). The second-order valence-electron chi connectivity index (χ2n) is 7.86. The van der Waals surface area contributed by atoms with Crippen LogP contribution in [0, 0.1) is 11.8 Å². The summed E-state index contributed by atoms with van der Waals surface area (Å²) in [4.78, 5) is 12.8. The van der Waals surface area contributed by atoms with Crippen LogP contribution in [0.25, 0.3) is 0 Å². The van der Waals surface area contributed by atoms with Gasteiger partial charge in [0.05, 0.1) is 4.90 Å². The summed E-state index contributed by atoms with van der Waals surface area (Å²) in [6, 6.07) is 6.66. The summed E-state index contributed by atoms with van der Waals surface area (Å²) in [6.07, 6.45) is 7.99. The van der Waals surface area contributed by atoms with Crippen molar-refractivity contribution in [2.45, 2.75) is 62.3 Å². The molecular formula is C20H31N3O3S. The van der Waals surface area contributed by atoms with Crippen LogP contribution in [0.15, 0.2) is 29.2 Å². The van der Waals surface area contributed by atoms with Crippen LogP contribution in [0.4, 0.5) is 5.69 Å². The Bertz CT molecular complexity index is 759. The lowest BCUT2D eigenvalue weighted by molar-refractivity contribution is -0.120. The monoisotopic (exact) mass is 393 g/mol. The SMILES string of the molecule is CN(C1CCCCC1)S(=O)(=O)c1cccc(NC(=O)[C@@H]2CCC[C@@H]2CN)c1. The maximum absolute atomic E-state index is 13.0. The Labute approximate surface area is 162 Å². The van der Waals surface area contributed by atoms with Gasteiger partial charge in [-0.1, -0.05) is 31.7 Å². The van der Waals surface area contributed by atoms with Crippen LogP contribution >= 0.6 is 0 Å². The minimum Gasteiger partial charge on any atom is -0.330 e. The number of benzene rings is 1. The molecule has 2 fully saturated rings. The minimum absolute atomic E-state index is 0.0573. The Balaban J connectivity index is 1.73. The topological polar surface area (TPSA) is 92.5 Å². The number of hydrogen-bond acceptors (Lipinski definition) is 4. The third-order valence-corrected chi connectivity index (χ3v) is 8.07. The van der Waals surface area contributed by atoms with Crippen LogP contribution in [0.2, 0.25) is 0 Å². The third kappa shape index (κ3) is 4.52. The predicted octanol–water partition coefficient (Wildman–Crippen LogP) is 2.95. The molecule has 6 nitrogen and oxygen atoms in total. The molecule has 0 aliphatic heterocycles. The van der Waals surface area contributed by atoms with Gasteiger partial charge in [-0.2, -0.15) is 4.31 Å². The van der Waals surface area contributed by atoms with Crippen molar-refractivity contribution in [2.24, 2.45) is 17.6 Å². The minimum atomic E-state index is -3.57. The molecule has 150 valence electrons. The van der Waals surface area contributed by atoms with E-state index in [0.29, 0.717) is 12.2 Å². The fourth-order valence-corrected chi connectivity index (χ4v) is 5.90. The lowest BCUT2D eigenvalue weighted by Gasteiger charge is -2.30. The van der Waals surface area contributed by atoms with Gasteiger partial charge < -0.3 is 11.1 Å². The van der Waals surface area contributed by atoms with E-state index in [0.717, 1.165) is 44.9 Å². The average Bonchev–Trinajstić information content (AvgIpc) is 3.17. The van der Waals surface area contributed by atoms with Crippen LogP contribution in [0.3, 0.4) is 0 Å². The third-order valence-electron chi connectivity index (χ3n) is 6.17. The van der Waals surface area contributed by atoms with Crippen LogP contribution < -0.4 is 11.1 Å². The lowest BCUT2D eigenvalue weighted by Crippen LogP contribution is -2.38. The summed E-state index contributed by atoms with van der Waals surface area (Å²) in [5.74, 6) is 0.0765. The van der Waals surface area contributed by atoms with Gasteiger partial charge in [-0.3, -0.25) is 4.79 Å². The van der Waals surface area contributed by atoms with Gasteiger partial charge in [-0.25, -0.2) is 8.42 Å². The fraction of sp³-hybridized carbons (Fsp3) is 0.650. The standard InChI is InChI=1S/C20H31N3O3S/c1-23(17-9-3-2-4-10-17)27(25,26)18-11-6-8-16(13-18)22-20(24)19-12-5-7-15(19)14-21/h6,8,11,13,15,17,19H,2-5,7,9-10,12,14,21H2,1H3,(H,22,24)/t15-,19-/m1/s1. The normalized spacial score (nSPS) is 24.3. The Morgan fingerprint density at radius 3 is 2.59 bits per heavy atom. The average molecular weight is 394 g/mol. The lowest BCUT2D eigenvalue weighted by atomic mass is 9.95. The van der Waals surface area contributed by atoms with Gasteiger partial charge in [-0.05, 0) is 56.3 Å². The molecule has 2 atom stereocenters. The molecule has 7 heteroatoms. The van der Waals surface area contributed by atoms with Gasteiger partial charge in [-0.15, -0.1) is 0 Å². The molecule has 1 aromatic rings. The van der Waals surface area contributed by atoms with E-state index in [2.05, 4.69) is 5.32 Å². The molecular weight excluding hydrogens is 362 g/mol. The van der Waals surface area contributed by atoms with Crippen molar-refractivity contribution in [3.8, 4) is 0 Å². The van der Waals surface area contributed by atoms with Gasteiger partial charge >= 0.3 is 0 Å². The summed E-state index contributed by atoms with van der Waals surface area (Å²) in [6.45, 7) is 0.513. The molecule has 27 heavy (non-hydrogen) atoms.